The van der Waals surface area contributed by atoms with E-state index in [4.69, 9.17) is 4.74 Å². The van der Waals surface area contributed by atoms with Crippen molar-refractivity contribution in [2.75, 3.05) is 4.72 Å². The average Bonchev–Trinajstić information content (AvgIpc) is 2.96. The zero-order chi connectivity index (χ0) is 19.3. The highest BCUT2D eigenvalue weighted by molar-refractivity contribution is 9.10. The summed E-state index contributed by atoms with van der Waals surface area (Å²) in [5.74, 6) is -1.12. The van der Waals surface area contributed by atoms with Crippen molar-refractivity contribution in [3.05, 3.63) is 52.1 Å². The molecule has 2 rings (SSSR count). The van der Waals surface area contributed by atoms with E-state index in [1.165, 1.54) is 17.5 Å². The maximum atomic E-state index is 14.1. The Balaban J connectivity index is 2.20. The van der Waals surface area contributed by atoms with Crippen LogP contribution in [0.25, 0.3) is 0 Å². The van der Waals surface area contributed by atoms with Gasteiger partial charge in [0.1, 0.15) is 11.1 Å². The first kappa shape index (κ1) is 20.5. The second-order valence-corrected chi connectivity index (χ2v) is 8.76. The van der Waals surface area contributed by atoms with Gasteiger partial charge in [-0.25, -0.2) is 12.8 Å². The van der Waals surface area contributed by atoms with Crippen LogP contribution >= 0.6 is 27.3 Å². The molecule has 0 fully saturated rings. The van der Waals surface area contributed by atoms with Crippen LogP contribution in [0, 0.1) is 5.82 Å². The lowest BCUT2D eigenvalue weighted by Gasteiger charge is -2.15. The Morgan fingerprint density at radius 2 is 2.27 bits per heavy atom. The van der Waals surface area contributed by atoms with Gasteiger partial charge in [0.15, 0.2) is 5.13 Å². The van der Waals surface area contributed by atoms with E-state index in [2.05, 4.69) is 32.2 Å². The maximum absolute atomic E-state index is 14.1. The normalized spacial score (nSPS) is 12.4. The number of ether oxygens (including phenoxy) is 1. The topological polar surface area (TPSA) is 85.4 Å². The maximum Gasteiger partial charge on any atom is 0.312 e. The summed E-state index contributed by atoms with van der Waals surface area (Å²) in [5, 5.41) is 0.105. The van der Waals surface area contributed by atoms with E-state index in [0.717, 1.165) is 17.4 Å². The van der Waals surface area contributed by atoms with Crippen LogP contribution in [0.1, 0.15) is 30.6 Å². The number of carbonyl (C=O) groups is 1. The van der Waals surface area contributed by atoms with Crippen LogP contribution in [-0.4, -0.2) is 19.4 Å². The van der Waals surface area contributed by atoms with Crippen molar-refractivity contribution >= 4 is 48.4 Å². The van der Waals surface area contributed by atoms with Crippen LogP contribution < -0.4 is 9.46 Å². The number of esters is 1. The molecule has 2 aromatic rings. The highest BCUT2D eigenvalue weighted by Crippen LogP contribution is 2.31. The molecule has 0 bridgehead atoms. The predicted molar refractivity (Wildman–Crippen MR) is 102 cm³/mol. The zero-order valence-electron chi connectivity index (χ0n) is 13.7. The molecule has 1 aromatic heterocycles. The molecule has 10 heteroatoms. The second-order valence-electron chi connectivity index (χ2n) is 5.18. The molecule has 0 aliphatic rings. The molecule has 140 valence electrons. The van der Waals surface area contributed by atoms with Gasteiger partial charge >= 0.3 is 5.97 Å². The summed E-state index contributed by atoms with van der Waals surface area (Å²) >= 11 is 4.08. The van der Waals surface area contributed by atoms with Gasteiger partial charge < -0.3 is 4.74 Å². The minimum absolute atomic E-state index is 0.00803. The molecule has 6 nitrogen and oxygen atoms in total. The van der Waals surface area contributed by atoms with E-state index in [1.807, 2.05) is 6.92 Å². The van der Waals surface area contributed by atoms with Crippen LogP contribution in [0.2, 0.25) is 0 Å². The second kappa shape index (κ2) is 8.74. The Hall–Kier alpha value is -1.78. The molecule has 0 aliphatic heterocycles. The minimum Gasteiger partial charge on any atom is -0.406 e. The number of thiazole rings is 1. The lowest BCUT2D eigenvalue weighted by Crippen LogP contribution is -2.20. The Bertz CT molecular complexity index is 915. The number of hydrogen-bond donors (Lipinski definition) is 1. The lowest BCUT2D eigenvalue weighted by molar-refractivity contribution is -0.134. The number of nitrogens with zero attached hydrogens (tertiary/aromatic N) is 1. The molecule has 1 N–H and O–H groups in total. The SMILES string of the molecule is C=CC(c1ccc(Br)cc1F)S(=O)(=O)Nc1nc(OC(=O)CCC)cs1. The van der Waals surface area contributed by atoms with Gasteiger partial charge in [0.25, 0.3) is 0 Å². The number of benzene rings is 1. The van der Waals surface area contributed by atoms with Crippen molar-refractivity contribution in [3.63, 3.8) is 0 Å². The molecule has 1 aromatic carbocycles. The quantitative estimate of drug-likeness (QED) is 0.463. The summed E-state index contributed by atoms with van der Waals surface area (Å²) < 4.78 is 47.1. The predicted octanol–water partition coefficient (Wildman–Crippen LogP) is 4.42. The van der Waals surface area contributed by atoms with Gasteiger partial charge in [-0.2, -0.15) is 4.98 Å². The van der Waals surface area contributed by atoms with Crippen molar-refractivity contribution < 1.29 is 22.3 Å². The molecule has 0 amide bonds. The summed E-state index contributed by atoms with van der Waals surface area (Å²) in [4.78, 5) is 15.4. The third kappa shape index (κ3) is 5.12. The van der Waals surface area contributed by atoms with Gasteiger partial charge in [-0.05, 0) is 18.6 Å². The van der Waals surface area contributed by atoms with Gasteiger partial charge in [0.2, 0.25) is 15.9 Å². The first-order chi connectivity index (χ1) is 12.3. The van der Waals surface area contributed by atoms with Crippen LogP contribution in [0.15, 0.2) is 40.7 Å². The minimum atomic E-state index is -4.06. The summed E-state index contributed by atoms with van der Waals surface area (Å²) in [6.07, 6.45) is 1.99. The first-order valence-electron chi connectivity index (χ1n) is 7.52. The largest absolute Gasteiger partial charge is 0.406 e. The van der Waals surface area contributed by atoms with Crippen molar-refractivity contribution in [1.29, 1.82) is 0 Å². The summed E-state index contributed by atoms with van der Waals surface area (Å²) in [6, 6.07) is 4.08. The average molecular weight is 463 g/mol. The smallest absolute Gasteiger partial charge is 0.312 e. The van der Waals surface area contributed by atoms with Gasteiger partial charge in [-0.3, -0.25) is 9.52 Å². The summed E-state index contributed by atoms with van der Waals surface area (Å²) in [7, 11) is -4.06. The standard InChI is InChI=1S/C16H16BrFN2O4S2/c1-3-5-15(21)24-14-9-25-16(19-14)20-26(22,23)13(4-2)11-7-6-10(17)8-12(11)18/h4,6-9,13H,2-3,5H2,1H3,(H,19,20). The van der Waals surface area contributed by atoms with Crippen LogP contribution in [0.5, 0.6) is 5.88 Å². The van der Waals surface area contributed by atoms with Gasteiger partial charge in [-0.15, -0.1) is 17.9 Å². The van der Waals surface area contributed by atoms with E-state index in [9.17, 15) is 17.6 Å². The van der Waals surface area contributed by atoms with Gasteiger partial charge in [0, 0.05) is 16.5 Å². The lowest BCUT2D eigenvalue weighted by atomic mass is 10.1. The van der Waals surface area contributed by atoms with Crippen molar-refractivity contribution in [3.8, 4) is 5.88 Å². The summed E-state index contributed by atoms with van der Waals surface area (Å²) in [5.41, 5.74) is -0.0400. The third-order valence-electron chi connectivity index (χ3n) is 3.20. The number of nitrogens with one attached hydrogen (secondary N) is 1. The highest BCUT2D eigenvalue weighted by Gasteiger charge is 2.28. The number of aromatic nitrogens is 1. The van der Waals surface area contributed by atoms with E-state index in [-0.39, 0.29) is 23.0 Å². The third-order valence-corrected chi connectivity index (χ3v) is 6.15. The van der Waals surface area contributed by atoms with Gasteiger partial charge in [-0.1, -0.05) is 35.0 Å². The molecule has 26 heavy (non-hydrogen) atoms. The Morgan fingerprint density at radius 1 is 1.54 bits per heavy atom. The molecule has 0 aliphatic carbocycles. The van der Waals surface area contributed by atoms with Crippen molar-refractivity contribution in [1.82, 2.24) is 4.98 Å². The van der Waals surface area contributed by atoms with Crippen molar-refractivity contribution in [2.24, 2.45) is 0 Å². The first-order valence-corrected chi connectivity index (χ1v) is 10.7. The molecule has 1 atom stereocenters. The number of hydrogen-bond acceptors (Lipinski definition) is 6. The zero-order valence-corrected chi connectivity index (χ0v) is 17.0. The van der Waals surface area contributed by atoms with E-state index < -0.39 is 27.1 Å². The van der Waals surface area contributed by atoms with Crippen LogP contribution in [0.3, 0.4) is 0 Å². The Labute approximate surface area is 163 Å². The monoisotopic (exact) mass is 462 g/mol. The molecule has 0 spiro atoms. The molecule has 0 saturated carbocycles. The van der Waals surface area contributed by atoms with Gasteiger partial charge in [0.05, 0.1) is 5.38 Å². The fourth-order valence-electron chi connectivity index (χ4n) is 2.06. The molecule has 0 radical (unpaired) electrons. The highest BCUT2D eigenvalue weighted by atomic mass is 79.9. The van der Waals surface area contributed by atoms with Crippen LogP contribution in [0.4, 0.5) is 9.52 Å². The van der Waals surface area contributed by atoms with E-state index in [0.29, 0.717) is 10.9 Å². The van der Waals surface area contributed by atoms with Crippen LogP contribution in [-0.2, 0) is 14.8 Å². The number of carbonyl (C=O) groups excluding carboxylic acids is 1. The number of rotatable bonds is 8. The summed E-state index contributed by atoms with van der Waals surface area (Å²) in [6.45, 7) is 5.32. The van der Waals surface area contributed by atoms with E-state index >= 15 is 0 Å². The Morgan fingerprint density at radius 3 is 2.88 bits per heavy atom. The molecule has 1 unspecified atom stereocenters. The molecular formula is C16H16BrFN2O4S2. The molecular weight excluding hydrogens is 447 g/mol. The molecule has 0 saturated heterocycles. The van der Waals surface area contributed by atoms with E-state index in [1.54, 1.807) is 6.07 Å². The number of anilines is 1. The van der Waals surface area contributed by atoms with Crippen molar-refractivity contribution in [2.45, 2.75) is 25.0 Å². The molecule has 1 heterocycles. The number of halogens is 2. The number of sulfonamides is 1. The fourth-order valence-corrected chi connectivity index (χ4v) is 4.59. The Kier molecular flexibility index (Phi) is 6.90. The fraction of sp³-hybridized carbons (Fsp3) is 0.250.